The number of aromatic nitrogens is 4. The van der Waals surface area contributed by atoms with Crippen molar-refractivity contribution in [1.82, 2.24) is 25.5 Å². The number of nitrogens with zero attached hydrogens (tertiary/aromatic N) is 5. The Morgan fingerprint density at radius 2 is 2.35 bits per heavy atom. The summed E-state index contributed by atoms with van der Waals surface area (Å²) < 4.78 is 1.92. The van der Waals surface area contributed by atoms with E-state index < -0.39 is 5.54 Å². The van der Waals surface area contributed by atoms with E-state index in [4.69, 9.17) is 0 Å². The van der Waals surface area contributed by atoms with Crippen LogP contribution in [-0.4, -0.2) is 37.5 Å². The number of nitrogens with one attached hydrogen (secondary N) is 1. The maximum Gasteiger partial charge on any atom is 0.209 e. The summed E-state index contributed by atoms with van der Waals surface area (Å²) in [6.07, 6.45) is 4.13. The molecular formula is C13H22N6S. The van der Waals surface area contributed by atoms with Crippen molar-refractivity contribution in [3.63, 3.8) is 0 Å². The molecule has 1 saturated carbocycles. The van der Waals surface area contributed by atoms with Crippen LogP contribution in [0.3, 0.4) is 0 Å². The van der Waals surface area contributed by atoms with Crippen molar-refractivity contribution < 1.29 is 0 Å². The van der Waals surface area contributed by atoms with Crippen LogP contribution in [0.4, 0.5) is 0 Å². The third-order valence-corrected chi connectivity index (χ3v) is 4.42. The molecule has 1 fully saturated rings. The third kappa shape index (κ3) is 3.93. The number of thioether (sulfide) groups is 1. The predicted molar refractivity (Wildman–Crippen MR) is 78.3 cm³/mol. The highest BCUT2D eigenvalue weighted by Gasteiger charge is 2.30. The molecule has 6 nitrogen and oxygen atoms in total. The summed E-state index contributed by atoms with van der Waals surface area (Å²) in [5.74, 6) is 0. The fourth-order valence-electron chi connectivity index (χ4n) is 2.17. The smallest absolute Gasteiger partial charge is 0.209 e. The van der Waals surface area contributed by atoms with Gasteiger partial charge in [0.05, 0.1) is 12.1 Å². The second-order valence-electron chi connectivity index (χ2n) is 5.64. The van der Waals surface area contributed by atoms with Gasteiger partial charge in [0.2, 0.25) is 5.16 Å². The Hall–Kier alpha value is -1.13. The Kier molecular flexibility index (Phi) is 5.00. The molecule has 1 aliphatic rings. The van der Waals surface area contributed by atoms with Gasteiger partial charge in [-0.3, -0.25) is 5.32 Å². The zero-order valence-electron chi connectivity index (χ0n) is 12.3. The molecule has 0 aliphatic heterocycles. The molecule has 1 aromatic rings. The standard InChI is InChI=1S/C13H22N6S/c1-4-7-15-13(3,9-14)8-10(2)20-12-16-17-18-19(12)11-5-6-11/h10-11,15H,4-8H2,1-3H3. The van der Waals surface area contributed by atoms with Crippen LogP contribution in [0.2, 0.25) is 0 Å². The van der Waals surface area contributed by atoms with Crippen LogP contribution < -0.4 is 5.32 Å². The fraction of sp³-hybridized carbons (Fsp3) is 0.846. The Bertz CT molecular complexity index is 477. The van der Waals surface area contributed by atoms with Gasteiger partial charge in [0.25, 0.3) is 0 Å². The van der Waals surface area contributed by atoms with E-state index in [2.05, 4.69) is 40.8 Å². The van der Waals surface area contributed by atoms with Gasteiger partial charge in [-0.2, -0.15) is 5.26 Å². The van der Waals surface area contributed by atoms with E-state index in [1.807, 2.05) is 11.6 Å². The Labute approximate surface area is 124 Å². The van der Waals surface area contributed by atoms with Crippen molar-refractivity contribution in [3.05, 3.63) is 0 Å². The number of hydrogen-bond donors (Lipinski definition) is 1. The lowest BCUT2D eigenvalue weighted by Crippen LogP contribution is -2.43. The van der Waals surface area contributed by atoms with E-state index in [9.17, 15) is 5.26 Å². The van der Waals surface area contributed by atoms with E-state index in [1.165, 1.54) is 12.8 Å². The highest BCUT2D eigenvalue weighted by atomic mass is 32.2. The molecule has 0 saturated heterocycles. The molecule has 0 spiro atoms. The monoisotopic (exact) mass is 294 g/mol. The number of hydrogen-bond acceptors (Lipinski definition) is 6. The SMILES string of the molecule is CCCNC(C)(C#N)CC(C)Sc1nnnn1C1CC1. The summed E-state index contributed by atoms with van der Waals surface area (Å²) >= 11 is 1.66. The number of tetrazole rings is 1. The summed E-state index contributed by atoms with van der Waals surface area (Å²) in [7, 11) is 0. The molecule has 1 N–H and O–H groups in total. The molecule has 0 radical (unpaired) electrons. The van der Waals surface area contributed by atoms with Gasteiger partial charge >= 0.3 is 0 Å². The van der Waals surface area contributed by atoms with Crippen LogP contribution in [-0.2, 0) is 0 Å². The molecule has 2 unspecified atom stereocenters. The zero-order valence-corrected chi connectivity index (χ0v) is 13.2. The molecule has 1 aromatic heterocycles. The lowest BCUT2D eigenvalue weighted by molar-refractivity contribution is 0.418. The molecule has 110 valence electrons. The summed E-state index contributed by atoms with van der Waals surface area (Å²) in [6.45, 7) is 7.05. The van der Waals surface area contributed by atoms with E-state index in [0.29, 0.717) is 6.04 Å². The lowest BCUT2D eigenvalue weighted by atomic mass is 9.98. The molecular weight excluding hydrogens is 272 g/mol. The quantitative estimate of drug-likeness (QED) is 0.740. The van der Waals surface area contributed by atoms with Crippen LogP contribution in [0.5, 0.6) is 0 Å². The summed E-state index contributed by atoms with van der Waals surface area (Å²) in [5, 5.41) is 25.8. The summed E-state index contributed by atoms with van der Waals surface area (Å²) in [5.41, 5.74) is -0.486. The van der Waals surface area contributed by atoms with Crippen LogP contribution in [0.15, 0.2) is 5.16 Å². The van der Waals surface area contributed by atoms with E-state index in [0.717, 1.165) is 24.5 Å². The predicted octanol–water partition coefficient (Wildman–Crippen LogP) is 2.16. The Morgan fingerprint density at radius 3 is 2.95 bits per heavy atom. The molecule has 2 atom stereocenters. The first-order valence-corrected chi connectivity index (χ1v) is 8.06. The summed E-state index contributed by atoms with van der Waals surface area (Å²) in [4.78, 5) is 0. The van der Waals surface area contributed by atoms with Crippen LogP contribution in [0.25, 0.3) is 0 Å². The molecule has 2 rings (SSSR count). The molecule has 0 bridgehead atoms. The van der Waals surface area contributed by atoms with Gasteiger partial charge in [-0.25, -0.2) is 4.68 Å². The van der Waals surface area contributed by atoms with Crippen LogP contribution in [0.1, 0.15) is 52.5 Å². The first-order valence-electron chi connectivity index (χ1n) is 7.19. The highest BCUT2D eigenvalue weighted by molar-refractivity contribution is 7.99. The van der Waals surface area contributed by atoms with Crippen molar-refractivity contribution in [1.29, 1.82) is 5.26 Å². The van der Waals surface area contributed by atoms with Crippen molar-refractivity contribution in [2.45, 2.75) is 68.4 Å². The van der Waals surface area contributed by atoms with Gasteiger partial charge in [-0.05, 0) is 49.6 Å². The number of nitriles is 1. The van der Waals surface area contributed by atoms with E-state index in [-0.39, 0.29) is 5.25 Å². The molecule has 1 heterocycles. The Balaban J connectivity index is 1.92. The molecule has 0 aromatic carbocycles. The van der Waals surface area contributed by atoms with Gasteiger partial charge in [-0.15, -0.1) is 5.10 Å². The first kappa shape index (κ1) is 15.3. The normalized spacial score (nSPS) is 19.3. The van der Waals surface area contributed by atoms with E-state index >= 15 is 0 Å². The van der Waals surface area contributed by atoms with Crippen LogP contribution in [0, 0.1) is 11.3 Å². The molecule has 0 amide bonds. The minimum Gasteiger partial charge on any atom is -0.300 e. The van der Waals surface area contributed by atoms with Crippen LogP contribution >= 0.6 is 11.8 Å². The van der Waals surface area contributed by atoms with Gasteiger partial charge in [0.1, 0.15) is 5.54 Å². The van der Waals surface area contributed by atoms with Gasteiger partial charge in [0.15, 0.2) is 0 Å². The minimum atomic E-state index is -0.486. The molecule has 7 heteroatoms. The molecule has 1 aliphatic carbocycles. The largest absolute Gasteiger partial charge is 0.300 e. The van der Waals surface area contributed by atoms with E-state index in [1.54, 1.807) is 11.8 Å². The van der Waals surface area contributed by atoms with Gasteiger partial charge < -0.3 is 0 Å². The fourth-order valence-corrected chi connectivity index (χ4v) is 3.32. The zero-order chi connectivity index (χ0) is 14.6. The average Bonchev–Trinajstić information content (AvgIpc) is 3.17. The topological polar surface area (TPSA) is 79.4 Å². The Morgan fingerprint density at radius 1 is 1.60 bits per heavy atom. The maximum absolute atomic E-state index is 9.37. The van der Waals surface area contributed by atoms with Crippen molar-refractivity contribution >= 4 is 11.8 Å². The van der Waals surface area contributed by atoms with Crippen molar-refractivity contribution in [2.24, 2.45) is 0 Å². The maximum atomic E-state index is 9.37. The first-order chi connectivity index (χ1) is 9.58. The minimum absolute atomic E-state index is 0.285. The molecule has 20 heavy (non-hydrogen) atoms. The number of rotatable bonds is 8. The average molecular weight is 294 g/mol. The summed E-state index contributed by atoms with van der Waals surface area (Å²) in [6, 6.07) is 2.88. The second kappa shape index (κ2) is 6.55. The van der Waals surface area contributed by atoms with Crippen molar-refractivity contribution in [3.8, 4) is 6.07 Å². The van der Waals surface area contributed by atoms with Gasteiger partial charge in [0, 0.05) is 5.25 Å². The van der Waals surface area contributed by atoms with Crippen molar-refractivity contribution in [2.75, 3.05) is 6.54 Å². The third-order valence-electron chi connectivity index (χ3n) is 3.37. The lowest BCUT2D eigenvalue weighted by Gasteiger charge is -2.26. The second-order valence-corrected chi connectivity index (χ2v) is 7.05. The van der Waals surface area contributed by atoms with Gasteiger partial charge in [-0.1, -0.05) is 25.6 Å². The highest BCUT2D eigenvalue weighted by Crippen LogP contribution is 2.37.